The molecular weight excluding hydrogens is 1150 g/mol. The molecule has 0 aliphatic carbocycles. The first-order valence-electron chi connectivity index (χ1n) is 29.2. The molecule has 7 N–H and O–H groups in total. The number of halogens is 1. The lowest BCUT2D eigenvalue weighted by Gasteiger charge is -2.11. The third-order valence-electron chi connectivity index (χ3n) is 17.3. The van der Waals surface area contributed by atoms with E-state index in [1.165, 1.54) is 147 Å². The van der Waals surface area contributed by atoms with Gasteiger partial charge < -0.3 is 39.6 Å². The minimum atomic E-state index is -1.60. The Labute approximate surface area is 511 Å². The van der Waals surface area contributed by atoms with Gasteiger partial charge in [0.25, 0.3) is 0 Å². The topological polar surface area (TPSA) is 141 Å². The van der Waals surface area contributed by atoms with Crippen molar-refractivity contribution in [3.05, 3.63) is 271 Å². The molecule has 0 bridgehead atoms. The number of hydrogen-bond acceptors (Lipinski definition) is 5. The molecule has 0 saturated carbocycles. The van der Waals surface area contributed by atoms with E-state index < -0.39 is 7.12 Å². The summed E-state index contributed by atoms with van der Waals surface area (Å²) in [4.78, 5) is 10.9. The van der Waals surface area contributed by atoms with Gasteiger partial charge in [-0.2, -0.15) is 0 Å². The molecule has 15 aromatic carbocycles. The second kappa shape index (κ2) is 21.3. The van der Waals surface area contributed by atoms with Crippen molar-refractivity contribution < 1.29 is 24.7 Å². The molecule has 0 unspecified atom stereocenters. The summed E-state index contributed by atoms with van der Waals surface area (Å²) in [6.45, 7) is 0. The summed E-state index contributed by atoms with van der Waals surface area (Å²) in [6, 6.07) is 90.7. The van der Waals surface area contributed by atoms with Gasteiger partial charge in [-0.3, -0.25) is 0 Å². The lowest BCUT2D eigenvalue weighted by Crippen LogP contribution is -2.29. The molecule has 0 aliphatic heterocycles. The number of aromatic nitrogens is 3. The standard InChI is InChI=1S/C26H15NO.C26H17NO.C20H12BrN.C6H7BO3/c1-2-9-17-16(8-1)24-20(23-19-10-3-5-11-21(19)27-25(17)23)14-13-18-15-7-4-6-12-22(15)28-26(18)24;28-24-12-6-4-7-17(24)16-13-14-19-22(15-16)18-8-1-2-9-20(18)26-25(19)21-10-3-5-11-23(21)27-26;21-12-9-10-14-17(11-12)13-5-1-2-6-15(13)20-19(14)16-7-3-4-8-18(16)22-20;8-6-4-2-1-3-5(6)7(9)10/h1-14,27H;1-15,27-28H;1-11,22H;1-4,8-10H. The van der Waals surface area contributed by atoms with E-state index in [2.05, 4.69) is 237 Å². The maximum Gasteiger partial charge on any atom is 0.492 e. The maximum atomic E-state index is 10.3. The summed E-state index contributed by atoms with van der Waals surface area (Å²) >= 11 is 3.61. The Hall–Kier alpha value is -10.9. The number of hydrogen-bond donors (Lipinski definition) is 7. The predicted octanol–water partition coefficient (Wildman–Crippen LogP) is 20.0. The molecule has 4 aromatic heterocycles. The number of furan rings is 1. The Balaban J connectivity index is 0.0000000993. The monoisotopic (exact) mass is 1200 g/mol. The van der Waals surface area contributed by atoms with Crippen LogP contribution in [0.5, 0.6) is 11.5 Å². The van der Waals surface area contributed by atoms with Gasteiger partial charge >= 0.3 is 7.12 Å². The Morgan fingerprint density at radius 2 is 0.705 bits per heavy atom. The van der Waals surface area contributed by atoms with Crippen LogP contribution in [0.1, 0.15) is 0 Å². The lowest BCUT2D eigenvalue weighted by atomic mass is 9.80. The van der Waals surface area contributed by atoms with Gasteiger partial charge in [0.15, 0.2) is 0 Å². The average molecular weight is 1200 g/mol. The SMILES string of the molecule is Brc1ccc2c(c1)c1ccccc1c1[nH]c3ccccc3c21.OB(O)c1ccccc1O.Oc1ccccc1-c1ccc2c(c1)c1ccccc1c1[nH]c3ccccc3c21.c1ccc2c(c1)[nH]c1c3ccccc3c3c(ccc4c5ccccc5oc43)c21. The molecule has 0 fully saturated rings. The van der Waals surface area contributed by atoms with Crippen LogP contribution in [0.3, 0.4) is 0 Å². The van der Waals surface area contributed by atoms with Gasteiger partial charge in [-0.15, -0.1) is 0 Å². The first-order chi connectivity index (χ1) is 43.3. The Kier molecular flexibility index (Phi) is 12.7. The average Bonchev–Trinajstić information content (AvgIpc) is 2.10. The highest BCUT2D eigenvalue weighted by molar-refractivity contribution is 9.10. The van der Waals surface area contributed by atoms with Crippen LogP contribution in [0.15, 0.2) is 276 Å². The molecule has 418 valence electrons. The zero-order chi connectivity index (χ0) is 59.1. The first kappa shape index (κ1) is 52.7. The second-order valence-electron chi connectivity index (χ2n) is 22.3. The van der Waals surface area contributed by atoms with E-state index >= 15 is 0 Å². The van der Waals surface area contributed by atoms with Crippen molar-refractivity contribution in [3.63, 3.8) is 0 Å². The molecule has 0 saturated heterocycles. The first-order valence-corrected chi connectivity index (χ1v) is 30.0. The highest BCUT2D eigenvalue weighted by Gasteiger charge is 2.20. The van der Waals surface area contributed by atoms with Gasteiger partial charge in [0, 0.05) is 96.7 Å². The van der Waals surface area contributed by atoms with Crippen LogP contribution < -0.4 is 5.46 Å². The van der Waals surface area contributed by atoms with Gasteiger partial charge in [0.2, 0.25) is 0 Å². The molecule has 0 spiro atoms. The zero-order valence-electron chi connectivity index (χ0n) is 47.1. The van der Waals surface area contributed by atoms with Crippen LogP contribution in [0.2, 0.25) is 0 Å². The zero-order valence-corrected chi connectivity index (χ0v) is 48.6. The van der Waals surface area contributed by atoms with Gasteiger partial charge in [0.05, 0.1) is 16.6 Å². The fraction of sp³-hybridized carbons (Fsp3) is 0. The quantitative estimate of drug-likeness (QED) is 0.0682. The van der Waals surface area contributed by atoms with Gasteiger partial charge in [0.1, 0.15) is 22.7 Å². The minimum Gasteiger partial charge on any atom is -0.508 e. The van der Waals surface area contributed by atoms with E-state index in [4.69, 9.17) is 19.6 Å². The number of aromatic hydroxyl groups is 2. The Morgan fingerprint density at radius 1 is 0.307 bits per heavy atom. The van der Waals surface area contributed by atoms with Crippen LogP contribution in [-0.2, 0) is 0 Å². The Bertz CT molecular complexity index is 6000. The number of benzene rings is 15. The number of aromatic amines is 3. The van der Waals surface area contributed by atoms with Crippen molar-refractivity contribution in [2.45, 2.75) is 0 Å². The molecule has 4 heterocycles. The molecule has 0 atom stereocenters. The summed E-state index contributed by atoms with van der Waals surface area (Å²) in [5.74, 6) is 0.205. The van der Waals surface area contributed by atoms with Crippen molar-refractivity contribution in [2.75, 3.05) is 0 Å². The predicted molar refractivity (Wildman–Crippen MR) is 372 cm³/mol. The molecule has 8 nitrogen and oxygen atoms in total. The number of fused-ring (bicyclic) bond motifs is 28. The summed E-state index contributed by atoms with van der Waals surface area (Å²) < 4.78 is 7.52. The highest BCUT2D eigenvalue weighted by atomic mass is 79.9. The molecule has 19 aromatic rings. The van der Waals surface area contributed by atoms with Crippen LogP contribution in [0.4, 0.5) is 0 Å². The minimum absolute atomic E-state index is 0.0995. The molecular formula is C78H51BBrN3O5. The van der Waals surface area contributed by atoms with E-state index in [-0.39, 0.29) is 11.2 Å². The van der Waals surface area contributed by atoms with Crippen molar-refractivity contribution in [2.24, 2.45) is 0 Å². The fourth-order valence-corrected chi connectivity index (χ4v) is 13.8. The molecule has 0 amide bonds. The smallest absolute Gasteiger partial charge is 0.492 e. The lowest BCUT2D eigenvalue weighted by molar-refractivity contribution is 0.419. The van der Waals surface area contributed by atoms with E-state index in [9.17, 15) is 5.11 Å². The normalized spacial score (nSPS) is 11.7. The van der Waals surface area contributed by atoms with Crippen molar-refractivity contribution in [1.82, 2.24) is 15.0 Å². The van der Waals surface area contributed by atoms with Gasteiger partial charge in [-0.25, -0.2) is 0 Å². The van der Waals surface area contributed by atoms with Gasteiger partial charge in [-0.1, -0.05) is 222 Å². The molecule has 0 radical (unpaired) electrons. The van der Waals surface area contributed by atoms with E-state index in [1.54, 1.807) is 18.2 Å². The van der Waals surface area contributed by atoms with E-state index in [0.29, 0.717) is 5.75 Å². The number of para-hydroxylation sites is 6. The van der Waals surface area contributed by atoms with Crippen molar-refractivity contribution in [1.29, 1.82) is 0 Å². The largest absolute Gasteiger partial charge is 0.508 e. The van der Waals surface area contributed by atoms with Crippen molar-refractivity contribution >= 4 is 181 Å². The van der Waals surface area contributed by atoms with E-state index in [1.807, 2.05) is 30.3 Å². The summed E-state index contributed by atoms with van der Waals surface area (Å²) in [7, 11) is -1.60. The Morgan fingerprint density at radius 3 is 1.25 bits per heavy atom. The van der Waals surface area contributed by atoms with Crippen LogP contribution in [-0.4, -0.2) is 42.3 Å². The summed E-state index contributed by atoms with van der Waals surface area (Å²) in [5, 5.41) is 61.4. The van der Waals surface area contributed by atoms with Gasteiger partial charge in [-0.05, 0) is 109 Å². The number of phenolic OH excluding ortho intramolecular Hbond substituents is 2. The molecule has 19 rings (SSSR count). The highest BCUT2D eigenvalue weighted by Crippen LogP contribution is 2.46. The third kappa shape index (κ3) is 8.60. The van der Waals surface area contributed by atoms with Crippen LogP contribution in [0.25, 0.3) is 163 Å². The number of phenols is 2. The third-order valence-corrected chi connectivity index (χ3v) is 17.8. The second-order valence-corrected chi connectivity index (χ2v) is 23.2. The van der Waals surface area contributed by atoms with Crippen molar-refractivity contribution in [3.8, 4) is 22.6 Å². The summed E-state index contributed by atoms with van der Waals surface area (Å²) in [6.07, 6.45) is 0. The molecule has 88 heavy (non-hydrogen) atoms. The molecule has 10 heteroatoms. The number of nitrogens with one attached hydrogen (secondary N) is 3. The maximum absolute atomic E-state index is 10.3. The number of H-pyrrole nitrogens is 3. The summed E-state index contributed by atoms with van der Waals surface area (Å²) in [5.41, 5.74) is 11.0. The van der Waals surface area contributed by atoms with E-state index in [0.717, 1.165) is 32.3 Å². The molecule has 0 aliphatic rings. The fourth-order valence-electron chi connectivity index (χ4n) is 13.5. The number of rotatable bonds is 2. The van der Waals surface area contributed by atoms with Crippen LogP contribution in [0, 0.1) is 0 Å². The van der Waals surface area contributed by atoms with Crippen LogP contribution >= 0.6 is 15.9 Å².